The molecule has 1 aliphatic heterocycles. The lowest BCUT2D eigenvalue weighted by Gasteiger charge is -2.22. The molecular weight excluding hydrogens is 282 g/mol. The second-order valence-electron chi connectivity index (χ2n) is 5.21. The summed E-state index contributed by atoms with van der Waals surface area (Å²) in [6, 6.07) is -0.450. The average molecular weight is 317 g/mol. The van der Waals surface area contributed by atoms with Crippen LogP contribution in [0.4, 0.5) is 0 Å². The zero-order chi connectivity index (χ0) is 16.8. The van der Waals surface area contributed by atoms with Crippen molar-refractivity contribution in [2.45, 2.75) is 73.8 Å². The maximum absolute atomic E-state index is 11.6. The Kier molecular flexibility index (Phi) is 18.6. The summed E-state index contributed by atoms with van der Waals surface area (Å²) in [5.74, 6) is 0.321. The number of hydrogen-bond donors (Lipinski definition) is 0. The number of esters is 1. The number of carbonyl (C=O) groups excluding carboxylic acids is 3. The molecule has 0 bridgehead atoms. The summed E-state index contributed by atoms with van der Waals surface area (Å²) < 4.78 is 4.62. The first-order valence-electron chi connectivity index (χ1n) is 7.75. The van der Waals surface area contributed by atoms with Gasteiger partial charge in [-0.1, -0.05) is 42.0 Å². The van der Waals surface area contributed by atoms with E-state index in [2.05, 4.69) is 25.5 Å². The third-order valence-corrected chi connectivity index (χ3v) is 2.52. The lowest BCUT2D eigenvalue weighted by atomic mass is 10.2. The largest absolute Gasteiger partial charge is 0.467 e. The molecule has 22 heavy (non-hydrogen) atoms. The van der Waals surface area contributed by atoms with Crippen molar-refractivity contribution in [1.82, 2.24) is 4.90 Å². The molecule has 0 N–H and O–H groups in total. The number of likely N-dealkylation sites (tertiary alicyclic amines) is 1. The summed E-state index contributed by atoms with van der Waals surface area (Å²) in [6.45, 7) is 11.1. The number of carbonyl (C=O) groups is 3. The number of amides is 1. The van der Waals surface area contributed by atoms with E-state index in [0.29, 0.717) is 19.3 Å². The zero-order valence-corrected chi connectivity index (χ0v) is 14.3. The van der Waals surface area contributed by atoms with Crippen LogP contribution < -0.4 is 0 Å². The summed E-state index contributed by atoms with van der Waals surface area (Å²) in [6.07, 6.45) is 2.56. The van der Waals surface area contributed by atoms with E-state index in [0.717, 1.165) is 12.3 Å². The maximum atomic E-state index is 11.6. The van der Waals surface area contributed by atoms with Crippen LogP contribution in [0.2, 0.25) is 0 Å². The van der Waals surface area contributed by atoms with Gasteiger partial charge >= 0.3 is 5.97 Å². The second-order valence-corrected chi connectivity index (χ2v) is 5.21. The Morgan fingerprint density at radius 3 is 2.18 bits per heavy atom. The molecule has 1 heterocycles. The molecule has 5 heteroatoms. The summed E-state index contributed by atoms with van der Waals surface area (Å²) >= 11 is 0. The van der Waals surface area contributed by atoms with Gasteiger partial charge in [0.2, 0.25) is 5.91 Å². The summed E-state index contributed by atoms with van der Waals surface area (Å²) in [5, 5.41) is 0. The van der Waals surface area contributed by atoms with Crippen molar-refractivity contribution in [2.75, 3.05) is 13.7 Å². The highest BCUT2D eigenvalue weighted by Gasteiger charge is 2.34. The van der Waals surface area contributed by atoms with Crippen molar-refractivity contribution in [2.24, 2.45) is 5.92 Å². The molecule has 0 aromatic heterocycles. The molecule has 0 spiro atoms. The Hall–Kier alpha value is -1.39. The Labute approximate surface area is 136 Å². The van der Waals surface area contributed by atoms with Gasteiger partial charge in [0, 0.05) is 19.4 Å². The van der Waals surface area contributed by atoms with Gasteiger partial charge in [0.15, 0.2) is 0 Å². The van der Waals surface area contributed by atoms with Crippen molar-refractivity contribution in [1.29, 1.82) is 0 Å². The van der Waals surface area contributed by atoms with E-state index in [1.165, 1.54) is 12.0 Å². The quantitative estimate of drug-likeness (QED) is 0.588. The van der Waals surface area contributed by atoms with Crippen LogP contribution in [0.5, 0.6) is 0 Å². The minimum absolute atomic E-state index is 0. The fourth-order valence-corrected chi connectivity index (χ4v) is 1.77. The molecule has 0 aromatic rings. The van der Waals surface area contributed by atoms with Crippen LogP contribution >= 0.6 is 0 Å². The number of nitrogens with zero attached hydrogens (tertiary/aromatic N) is 1. The van der Waals surface area contributed by atoms with Crippen LogP contribution in [0, 0.1) is 5.92 Å². The second kappa shape index (κ2) is 16.0. The third-order valence-electron chi connectivity index (χ3n) is 2.52. The number of hydrogen-bond acceptors (Lipinski definition) is 4. The molecule has 0 aromatic carbocycles. The highest BCUT2D eigenvalue weighted by molar-refractivity contribution is 5.85. The Morgan fingerprint density at radius 1 is 1.27 bits per heavy atom. The number of aldehydes is 1. The summed E-state index contributed by atoms with van der Waals surface area (Å²) in [5.41, 5.74) is 0. The SMILES string of the molecule is C.CC.CC(C)C.COC(=O)[C@@H]1CCCN1C(=O)CCC=O. The molecule has 5 nitrogen and oxygen atoms in total. The number of rotatable bonds is 4. The lowest BCUT2D eigenvalue weighted by molar-refractivity contribution is -0.151. The van der Waals surface area contributed by atoms with E-state index < -0.39 is 6.04 Å². The van der Waals surface area contributed by atoms with Crippen LogP contribution in [-0.2, 0) is 19.1 Å². The number of ether oxygens (including phenoxy) is 1. The van der Waals surface area contributed by atoms with E-state index in [-0.39, 0.29) is 32.1 Å². The van der Waals surface area contributed by atoms with E-state index in [1.807, 2.05) is 13.8 Å². The first kappa shape index (κ1) is 25.6. The maximum Gasteiger partial charge on any atom is 0.328 e. The van der Waals surface area contributed by atoms with Gasteiger partial charge < -0.3 is 14.4 Å². The Bertz CT molecular complexity index is 300. The fourth-order valence-electron chi connectivity index (χ4n) is 1.77. The van der Waals surface area contributed by atoms with Crippen LogP contribution in [0.1, 0.15) is 67.7 Å². The molecule has 1 aliphatic rings. The average Bonchev–Trinajstić information content (AvgIpc) is 2.95. The predicted molar refractivity (Wildman–Crippen MR) is 90.6 cm³/mol. The van der Waals surface area contributed by atoms with Crippen LogP contribution in [0.25, 0.3) is 0 Å². The summed E-state index contributed by atoms with van der Waals surface area (Å²) in [4.78, 5) is 34.6. The van der Waals surface area contributed by atoms with Crippen molar-refractivity contribution in [3.8, 4) is 0 Å². The van der Waals surface area contributed by atoms with Gasteiger partial charge in [-0.05, 0) is 18.8 Å². The van der Waals surface area contributed by atoms with E-state index in [9.17, 15) is 14.4 Å². The van der Waals surface area contributed by atoms with E-state index in [4.69, 9.17) is 0 Å². The first-order chi connectivity index (χ1) is 9.93. The smallest absolute Gasteiger partial charge is 0.328 e. The van der Waals surface area contributed by atoms with E-state index in [1.54, 1.807) is 0 Å². The van der Waals surface area contributed by atoms with Crippen molar-refractivity contribution in [3.05, 3.63) is 0 Å². The van der Waals surface area contributed by atoms with Crippen LogP contribution in [0.15, 0.2) is 0 Å². The van der Waals surface area contributed by atoms with E-state index >= 15 is 0 Å². The molecule has 0 saturated carbocycles. The topological polar surface area (TPSA) is 63.7 Å². The van der Waals surface area contributed by atoms with Gasteiger partial charge in [-0.25, -0.2) is 4.79 Å². The van der Waals surface area contributed by atoms with Gasteiger partial charge in [-0.3, -0.25) is 4.79 Å². The highest BCUT2D eigenvalue weighted by atomic mass is 16.5. The highest BCUT2D eigenvalue weighted by Crippen LogP contribution is 2.19. The standard InChI is InChI=1S/C10H15NO4.C4H10.C2H6.CH4/c1-15-10(14)8-4-2-6-11(8)9(13)5-3-7-12;1-4(2)3;1-2;/h7-8H,2-6H2,1H3;4H,1-3H3;1-2H3;1H4/t8-;;;/m0.../s1. The molecule has 1 rings (SSSR count). The molecule has 1 fully saturated rings. The predicted octanol–water partition coefficient (Wildman–Crippen LogP) is 3.45. The normalized spacial score (nSPS) is 15.6. The fraction of sp³-hybridized carbons (Fsp3) is 0.824. The van der Waals surface area contributed by atoms with Crippen LogP contribution in [-0.4, -0.2) is 42.8 Å². The van der Waals surface area contributed by atoms with Crippen LogP contribution in [0.3, 0.4) is 0 Å². The Morgan fingerprint density at radius 2 is 1.77 bits per heavy atom. The Balaban J connectivity index is -0.000000448. The van der Waals surface area contributed by atoms with Gasteiger partial charge in [-0.15, -0.1) is 0 Å². The third kappa shape index (κ3) is 11.3. The minimum atomic E-state index is -0.450. The summed E-state index contributed by atoms with van der Waals surface area (Å²) in [7, 11) is 1.31. The molecule has 0 radical (unpaired) electrons. The molecule has 1 amide bonds. The molecular formula is C17H35NO4. The molecule has 0 unspecified atom stereocenters. The lowest BCUT2D eigenvalue weighted by Crippen LogP contribution is -2.41. The molecule has 1 saturated heterocycles. The van der Waals surface area contributed by atoms with Crippen molar-refractivity contribution < 1.29 is 19.1 Å². The van der Waals surface area contributed by atoms with Gasteiger partial charge in [0.1, 0.15) is 12.3 Å². The van der Waals surface area contributed by atoms with Crippen molar-refractivity contribution >= 4 is 18.2 Å². The zero-order valence-electron chi connectivity index (χ0n) is 14.3. The minimum Gasteiger partial charge on any atom is -0.467 e. The van der Waals surface area contributed by atoms with Gasteiger partial charge in [-0.2, -0.15) is 0 Å². The number of methoxy groups -OCH3 is 1. The molecule has 132 valence electrons. The monoisotopic (exact) mass is 317 g/mol. The molecule has 0 aliphatic carbocycles. The van der Waals surface area contributed by atoms with Crippen molar-refractivity contribution in [3.63, 3.8) is 0 Å². The molecule has 1 atom stereocenters. The first-order valence-corrected chi connectivity index (χ1v) is 7.75. The van der Waals surface area contributed by atoms with Gasteiger partial charge in [0.25, 0.3) is 0 Å². The van der Waals surface area contributed by atoms with Gasteiger partial charge in [0.05, 0.1) is 7.11 Å².